The first-order chi connectivity index (χ1) is 10.5. The fraction of sp³-hybridized carbons (Fsp3) is 1.00. The monoisotopic (exact) mass is 330 g/mol. The van der Waals surface area contributed by atoms with Gasteiger partial charge in [-0.15, -0.1) is 0 Å². The molecule has 0 amide bonds. The van der Waals surface area contributed by atoms with E-state index in [1.165, 1.54) is 19.4 Å². The molecule has 3 fully saturated rings. The molecule has 128 valence electrons. The van der Waals surface area contributed by atoms with Crippen molar-refractivity contribution in [2.45, 2.75) is 32.6 Å². The zero-order chi connectivity index (χ0) is 15.8. The maximum atomic E-state index is 12.4. The van der Waals surface area contributed by atoms with E-state index in [0.717, 1.165) is 32.0 Å². The minimum absolute atomic E-state index is 0.117. The number of ether oxygens (including phenoxy) is 1. The van der Waals surface area contributed by atoms with Gasteiger partial charge in [-0.25, -0.2) is 12.7 Å². The molecule has 5 nitrogen and oxygen atoms in total. The molecule has 0 aromatic carbocycles. The Morgan fingerprint density at radius 1 is 1.27 bits per heavy atom. The van der Waals surface area contributed by atoms with E-state index >= 15 is 0 Å². The number of likely N-dealkylation sites (tertiary alicyclic amines) is 1. The zero-order valence-corrected chi connectivity index (χ0v) is 14.8. The van der Waals surface area contributed by atoms with Crippen LogP contribution in [0.15, 0.2) is 0 Å². The molecule has 0 aromatic rings. The lowest BCUT2D eigenvalue weighted by Crippen LogP contribution is -2.38. The maximum Gasteiger partial charge on any atom is 0.214 e. The van der Waals surface area contributed by atoms with Crippen molar-refractivity contribution in [1.82, 2.24) is 9.21 Å². The molecule has 0 bridgehead atoms. The van der Waals surface area contributed by atoms with E-state index in [2.05, 4.69) is 4.90 Å². The lowest BCUT2D eigenvalue weighted by atomic mass is 9.78. The average molecular weight is 330 g/mol. The standard InChI is InChI=1S/C16H30N2O3S/c1-3-8-22(19,20)18-7-6-16(13-18)12-17(9-14-4-5-14)10-15(16)11-21-2/h14-15H,3-13H2,1-2H3/t15-,16+/m1/s1. The minimum Gasteiger partial charge on any atom is -0.384 e. The number of hydrogen-bond acceptors (Lipinski definition) is 4. The van der Waals surface area contributed by atoms with Gasteiger partial charge in [0.1, 0.15) is 0 Å². The number of rotatable bonds is 7. The van der Waals surface area contributed by atoms with Gasteiger partial charge in [-0.1, -0.05) is 6.92 Å². The highest BCUT2D eigenvalue weighted by atomic mass is 32.2. The van der Waals surface area contributed by atoms with Crippen molar-refractivity contribution in [2.24, 2.45) is 17.3 Å². The van der Waals surface area contributed by atoms with Crippen molar-refractivity contribution in [2.75, 3.05) is 52.2 Å². The van der Waals surface area contributed by atoms with E-state index in [-0.39, 0.29) is 11.2 Å². The van der Waals surface area contributed by atoms with Crippen LogP contribution in [0.1, 0.15) is 32.6 Å². The summed E-state index contributed by atoms with van der Waals surface area (Å²) >= 11 is 0. The first-order valence-corrected chi connectivity index (χ1v) is 10.3. The van der Waals surface area contributed by atoms with Gasteiger partial charge < -0.3 is 9.64 Å². The Hall–Kier alpha value is -0.170. The Morgan fingerprint density at radius 3 is 2.68 bits per heavy atom. The Morgan fingerprint density at radius 2 is 2.05 bits per heavy atom. The lowest BCUT2D eigenvalue weighted by molar-refractivity contribution is 0.101. The molecule has 0 radical (unpaired) electrons. The summed E-state index contributed by atoms with van der Waals surface area (Å²) in [7, 11) is -1.30. The Labute approximate surface area is 135 Å². The topological polar surface area (TPSA) is 49.9 Å². The smallest absolute Gasteiger partial charge is 0.214 e. The summed E-state index contributed by atoms with van der Waals surface area (Å²) in [4.78, 5) is 2.57. The SMILES string of the molecule is CCCS(=O)(=O)N1CC[C@]2(CN(CC3CC3)C[C@@H]2COC)C1. The molecule has 0 aromatic heterocycles. The van der Waals surface area contributed by atoms with Crippen molar-refractivity contribution in [3.63, 3.8) is 0 Å². The fourth-order valence-corrected chi connectivity index (χ4v) is 5.92. The average Bonchev–Trinajstić information content (AvgIpc) is 3.05. The first kappa shape index (κ1) is 16.7. The van der Waals surface area contributed by atoms with Gasteiger partial charge in [-0.05, 0) is 31.6 Å². The third kappa shape index (κ3) is 3.35. The van der Waals surface area contributed by atoms with Crippen LogP contribution in [0.4, 0.5) is 0 Å². The summed E-state index contributed by atoms with van der Waals surface area (Å²) in [6.45, 7) is 7.41. The van der Waals surface area contributed by atoms with Gasteiger partial charge in [0.25, 0.3) is 0 Å². The summed E-state index contributed by atoms with van der Waals surface area (Å²) in [6.07, 6.45) is 4.43. The Kier molecular flexibility index (Phi) is 4.84. The molecule has 1 aliphatic carbocycles. The van der Waals surface area contributed by atoms with E-state index in [4.69, 9.17) is 4.74 Å². The molecule has 2 saturated heterocycles. The van der Waals surface area contributed by atoms with Gasteiger partial charge in [0.15, 0.2) is 0 Å². The van der Waals surface area contributed by atoms with Crippen LogP contribution in [0.5, 0.6) is 0 Å². The van der Waals surface area contributed by atoms with E-state index < -0.39 is 10.0 Å². The largest absolute Gasteiger partial charge is 0.384 e. The van der Waals surface area contributed by atoms with Crippen molar-refractivity contribution < 1.29 is 13.2 Å². The molecule has 22 heavy (non-hydrogen) atoms. The van der Waals surface area contributed by atoms with Crippen molar-refractivity contribution >= 4 is 10.0 Å². The molecule has 1 spiro atoms. The van der Waals surface area contributed by atoms with Crippen LogP contribution in [0.2, 0.25) is 0 Å². The molecule has 6 heteroatoms. The Bertz CT molecular complexity index is 492. The highest BCUT2D eigenvalue weighted by Crippen LogP contribution is 2.46. The zero-order valence-electron chi connectivity index (χ0n) is 14.0. The molecule has 0 N–H and O–H groups in total. The highest BCUT2D eigenvalue weighted by molar-refractivity contribution is 7.89. The second-order valence-electron chi connectivity index (χ2n) is 7.55. The molecule has 1 saturated carbocycles. The number of hydrogen-bond donors (Lipinski definition) is 0. The molecule has 2 atom stereocenters. The van der Waals surface area contributed by atoms with E-state index in [1.807, 2.05) is 6.92 Å². The van der Waals surface area contributed by atoms with Gasteiger partial charge in [0.2, 0.25) is 10.0 Å². The molecule has 2 heterocycles. The van der Waals surface area contributed by atoms with Crippen molar-refractivity contribution in [3.8, 4) is 0 Å². The van der Waals surface area contributed by atoms with Crippen LogP contribution in [0.25, 0.3) is 0 Å². The third-order valence-corrected chi connectivity index (χ3v) is 7.69. The molecule has 3 aliphatic rings. The van der Waals surface area contributed by atoms with Gasteiger partial charge in [0.05, 0.1) is 12.4 Å². The number of nitrogens with zero attached hydrogens (tertiary/aromatic N) is 2. The molecule has 3 rings (SSSR count). The van der Waals surface area contributed by atoms with Gasteiger partial charge in [-0.3, -0.25) is 0 Å². The highest BCUT2D eigenvalue weighted by Gasteiger charge is 2.52. The summed E-state index contributed by atoms with van der Waals surface area (Å²) in [6, 6.07) is 0. The normalized spacial score (nSPS) is 34.0. The fourth-order valence-electron chi connectivity index (χ4n) is 4.32. The van der Waals surface area contributed by atoms with Crippen LogP contribution >= 0.6 is 0 Å². The molecular weight excluding hydrogens is 300 g/mol. The van der Waals surface area contributed by atoms with Crippen LogP contribution < -0.4 is 0 Å². The van der Waals surface area contributed by atoms with Crippen LogP contribution in [0.3, 0.4) is 0 Å². The summed E-state index contributed by atoms with van der Waals surface area (Å²) in [5.74, 6) is 1.64. The molecule has 0 unspecified atom stereocenters. The van der Waals surface area contributed by atoms with Gasteiger partial charge in [0, 0.05) is 51.2 Å². The summed E-state index contributed by atoms with van der Waals surface area (Å²) < 4.78 is 32.0. The second-order valence-corrected chi connectivity index (χ2v) is 9.64. The van der Waals surface area contributed by atoms with Crippen LogP contribution in [0, 0.1) is 17.3 Å². The Balaban J connectivity index is 1.70. The maximum absolute atomic E-state index is 12.4. The number of methoxy groups -OCH3 is 1. The minimum atomic E-state index is -3.07. The number of sulfonamides is 1. The van der Waals surface area contributed by atoms with Gasteiger partial charge in [-0.2, -0.15) is 0 Å². The van der Waals surface area contributed by atoms with Crippen molar-refractivity contribution in [1.29, 1.82) is 0 Å². The lowest BCUT2D eigenvalue weighted by Gasteiger charge is -2.30. The van der Waals surface area contributed by atoms with Crippen LogP contribution in [-0.4, -0.2) is 69.8 Å². The van der Waals surface area contributed by atoms with E-state index in [0.29, 0.717) is 25.4 Å². The van der Waals surface area contributed by atoms with Gasteiger partial charge >= 0.3 is 0 Å². The quantitative estimate of drug-likeness (QED) is 0.708. The van der Waals surface area contributed by atoms with Crippen molar-refractivity contribution in [3.05, 3.63) is 0 Å². The second kappa shape index (κ2) is 6.38. The predicted molar refractivity (Wildman–Crippen MR) is 87.2 cm³/mol. The van der Waals surface area contributed by atoms with Crippen LogP contribution in [-0.2, 0) is 14.8 Å². The van der Waals surface area contributed by atoms with E-state index in [9.17, 15) is 8.42 Å². The predicted octanol–water partition coefficient (Wildman–Crippen LogP) is 1.41. The summed E-state index contributed by atoms with van der Waals surface area (Å²) in [5, 5.41) is 0. The molecule has 2 aliphatic heterocycles. The summed E-state index contributed by atoms with van der Waals surface area (Å²) in [5.41, 5.74) is 0.117. The van der Waals surface area contributed by atoms with E-state index in [1.54, 1.807) is 11.4 Å². The first-order valence-electron chi connectivity index (χ1n) is 8.68. The molecular formula is C16H30N2O3S. The third-order valence-electron chi connectivity index (χ3n) is 5.67.